The molecule has 1 aliphatic carbocycles. The first-order valence-corrected chi connectivity index (χ1v) is 22.0. The lowest BCUT2D eigenvalue weighted by molar-refractivity contribution is 0.660. The normalized spacial score (nSPS) is 12.7. The third kappa shape index (κ3) is 6.53. The van der Waals surface area contributed by atoms with Crippen molar-refractivity contribution in [3.8, 4) is 89.5 Å². The van der Waals surface area contributed by atoms with Gasteiger partial charge in [-0.2, -0.15) is 0 Å². The zero-order valence-corrected chi connectivity index (χ0v) is 35.6. The van der Waals surface area contributed by atoms with Gasteiger partial charge in [0.1, 0.15) is 11.2 Å². The van der Waals surface area contributed by atoms with Gasteiger partial charge in [-0.3, -0.25) is 0 Å². The van der Waals surface area contributed by atoms with Crippen LogP contribution in [0.5, 0.6) is 0 Å². The predicted molar refractivity (Wildman–Crippen MR) is 265 cm³/mol. The molecule has 0 amide bonds. The van der Waals surface area contributed by atoms with Gasteiger partial charge in [0.2, 0.25) is 0 Å². The van der Waals surface area contributed by atoms with Gasteiger partial charge in [-0.05, 0) is 121 Å². The molecule has 2 heterocycles. The van der Waals surface area contributed by atoms with Crippen LogP contribution < -0.4 is 0 Å². The summed E-state index contributed by atoms with van der Waals surface area (Å²) >= 11 is 0. The fourth-order valence-corrected chi connectivity index (χ4v) is 9.70. The van der Waals surface area contributed by atoms with Crippen LogP contribution in [0, 0.1) is 0 Å². The number of aromatic nitrogens is 2. The highest BCUT2D eigenvalue weighted by Crippen LogP contribution is 2.49. The summed E-state index contributed by atoms with van der Waals surface area (Å²) in [6, 6.07) is 78.0. The van der Waals surface area contributed by atoms with E-state index in [2.05, 4.69) is 202 Å². The molecule has 0 spiro atoms. The molecule has 1 aliphatic rings. The van der Waals surface area contributed by atoms with Crippen LogP contribution in [0.4, 0.5) is 0 Å². The topological polar surface area (TPSA) is 38.9 Å². The monoisotopic (exact) mass is 818 g/mol. The van der Waals surface area contributed by atoms with E-state index < -0.39 is 0 Å². The molecule has 0 radical (unpaired) electrons. The van der Waals surface area contributed by atoms with Crippen molar-refractivity contribution in [1.82, 2.24) is 9.97 Å². The van der Waals surface area contributed by atoms with Crippen molar-refractivity contribution in [2.45, 2.75) is 19.3 Å². The quantitative estimate of drug-likeness (QED) is 0.161. The highest BCUT2D eigenvalue weighted by molar-refractivity contribution is 6.06. The minimum atomic E-state index is -0.0602. The summed E-state index contributed by atoms with van der Waals surface area (Å²) < 4.78 is 6.25. The first kappa shape index (κ1) is 37.6. The zero-order valence-electron chi connectivity index (χ0n) is 35.6. The molecule has 11 aromatic rings. The lowest BCUT2D eigenvalue weighted by atomic mass is 9.81. The second-order valence-corrected chi connectivity index (χ2v) is 17.4. The van der Waals surface area contributed by atoms with E-state index in [9.17, 15) is 0 Å². The fourth-order valence-electron chi connectivity index (χ4n) is 9.70. The Kier molecular flexibility index (Phi) is 8.84. The Morgan fingerprint density at radius 2 is 0.812 bits per heavy atom. The Hall–Kier alpha value is -8.14. The average molecular weight is 819 g/mol. The van der Waals surface area contributed by atoms with Gasteiger partial charge in [0.25, 0.3) is 0 Å². The second-order valence-electron chi connectivity index (χ2n) is 17.4. The van der Waals surface area contributed by atoms with Gasteiger partial charge in [-0.15, -0.1) is 0 Å². The summed E-state index contributed by atoms with van der Waals surface area (Å²) in [7, 11) is 0. The van der Waals surface area contributed by atoms with E-state index in [-0.39, 0.29) is 5.41 Å². The molecular weight excluding hydrogens is 777 g/mol. The molecule has 3 heteroatoms. The second kappa shape index (κ2) is 15.0. The van der Waals surface area contributed by atoms with Crippen LogP contribution in [0.1, 0.15) is 25.0 Å². The summed E-state index contributed by atoms with van der Waals surface area (Å²) in [5, 5.41) is 2.20. The van der Waals surface area contributed by atoms with Crippen LogP contribution in [0.15, 0.2) is 223 Å². The maximum atomic E-state index is 6.25. The molecule has 64 heavy (non-hydrogen) atoms. The number of hydrogen-bond donors (Lipinski definition) is 0. The number of para-hydroxylation sites is 1. The number of furan rings is 1. The average Bonchev–Trinajstić information content (AvgIpc) is 3.85. The smallest absolute Gasteiger partial charge is 0.160 e. The highest BCUT2D eigenvalue weighted by atomic mass is 16.3. The van der Waals surface area contributed by atoms with E-state index in [1.54, 1.807) is 0 Å². The number of fused-ring (bicyclic) bond motifs is 6. The Morgan fingerprint density at radius 3 is 1.59 bits per heavy atom. The van der Waals surface area contributed by atoms with Crippen LogP contribution >= 0.6 is 0 Å². The van der Waals surface area contributed by atoms with Gasteiger partial charge in [-0.25, -0.2) is 9.97 Å². The van der Waals surface area contributed by atoms with Crippen molar-refractivity contribution >= 4 is 21.9 Å². The molecule has 302 valence electrons. The number of hydrogen-bond acceptors (Lipinski definition) is 3. The van der Waals surface area contributed by atoms with Gasteiger partial charge in [0.05, 0.1) is 11.4 Å². The molecule has 3 nitrogen and oxygen atoms in total. The van der Waals surface area contributed by atoms with Crippen molar-refractivity contribution in [2.75, 3.05) is 0 Å². The predicted octanol–water partition coefficient (Wildman–Crippen LogP) is 16.4. The summed E-state index contributed by atoms with van der Waals surface area (Å²) in [6.07, 6.45) is 0. The van der Waals surface area contributed by atoms with Crippen molar-refractivity contribution in [1.29, 1.82) is 0 Å². The van der Waals surface area contributed by atoms with Gasteiger partial charge in [-0.1, -0.05) is 178 Å². The Balaban J connectivity index is 0.992. The third-order valence-corrected chi connectivity index (χ3v) is 13.1. The minimum Gasteiger partial charge on any atom is -0.456 e. The largest absolute Gasteiger partial charge is 0.456 e. The number of nitrogens with zero attached hydrogens (tertiary/aromatic N) is 2. The Labute approximate surface area is 373 Å². The molecule has 0 saturated carbocycles. The Morgan fingerprint density at radius 1 is 0.312 bits per heavy atom. The summed E-state index contributed by atoms with van der Waals surface area (Å²) in [5.74, 6) is 0.682. The minimum absolute atomic E-state index is 0.0602. The third-order valence-electron chi connectivity index (χ3n) is 13.1. The van der Waals surface area contributed by atoms with E-state index in [4.69, 9.17) is 14.4 Å². The molecule has 0 unspecified atom stereocenters. The maximum Gasteiger partial charge on any atom is 0.160 e. The molecule has 0 aliphatic heterocycles. The molecule has 0 atom stereocenters. The summed E-state index contributed by atoms with van der Waals surface area (Å²) in [4.78, 5) is 10.6. The summed E-state index contributed by atoms with van der Waals surface area (Å²) in [6.45, 7) is 4.67. The van der Waals surface area contributed by atoms with Crippen molar-refractivity contribution in [3.63, 3.8) is 0 Å². The van der Waals surface area contributed by atoms with Crippen LogP contribution in [-0.2, 0) is 5.41 Å². The van der Waals surface area contributed by atoms with Crippen molar-refractivity contribution < 1.29 is 4.42 Å². The first-order valence-electron chi connectivity index (χ1n) is 22.0. The van der Waals surface area contributed by atoms with E-state index in [0.717, 1.165) is 72.3 Å². The maximum absolute atomic E-state index is 6.25. The van der Waals surface area contributed by atoms with E-state index in [0.29, 0.717) is 5.82 Å². The van der Waals surface area contributed by atoms with Gasteiger partial charge in [0, 0.05) is 32.9 Å². The summed E-state index contributed by atoms with van der Waals surface area (Å²) in [5.41, 5.74) is 21.0. The van der Waals surface area contributed by atoms with Crippen molar-refractivity contribution in [3.05, 3.63) is 230 Å². The number of benzene rings is 9. The Bertz CT molecular complexity index is 3560. The highest BCUT2D eigenvalue weighted by Gasteiger charge is 2.35. The van der Waals surface area contributed by atoms with Crippen LogP contribution in [0.3, 0.4) is 0 Å². The standard InChI is InChI=1S/C61H42N2O/c1-61(2)54-22-11-9-20-50(54)51-30-28-46(37-55(51)61)40-24-26-41(27-25-40)56-38-57(63-60(62-56)42-16-7-4-8-17-42)49-34-47(44-19-13-18-43(32-44)39-14-5-3-6-15-39)33-48(35-49)45-29-31-59-53(36-45)52-21-10-12-23-58(52)64-59/h3-38H,1-2H3. The van der Waals surface area contributed by atoms with Crippen molar-refractivity contribution in [2.24, 2.45) is 0 Å². The van der Waals surface area contributed by atoms with E-state index in [1.807, 2.05) is 30.3 Å². The van der Waals surface area contributed by atoms with Gasteiger partial charge >= 0.3 is 0 Å². The van der Waals surface area contributed by atoms with E-state index >= 15 is 0 Å². The SMILES string of the molecule is CC1(C)c2ccccc2-c2ccc(-c3ccc(-c4cc(-c5cc(-c6cccc(-c7ccccc7)c6)cc(-c6ccc7oc8ccccc8c7c6)c5)nc(-c5ccccc5)n4)cc3)cc21. The molecule has 0 bridgehead atoms. The molecule has 0 saturated heterocycles. The lowest BCUT2D eigenvalue weighted by Gasteiger charge is -2.22. The molecule has 9 aromatic carbocycles. The van der Waals surface area contributed by atoms with Gasteiger partial charge in [0.15, 0.2) is 5.82 Å². The molecule has 0 N–H and O–H groups in total. The molecule has 0 fully saturated rings. The van der Waals surface area contributed by atoms with Crippen LogP contribution in [-0.4, -0.2) is 9.97 Å². The molecule has 12 rings (SSSR count). The zero-order chi connectivity index (χ0) is 42.8. The fraction of sp³-hybridized carbons (Fsp3) is 0.0492. The van der Waals surface area contributed by atoms with Crippen LogP contribution in [0.25, 0.3) is 111 Å². The van der Waals surface area contributed by atoms with E-state index in [1.165, 1.54) is 44.5 Å². The first-order chi connectivity index (χ1) is 31.4. The van der Waals surface area contributed by atoms with Gasteiger partial charge < -0.3 is 4.42 Å². The lowest BCUT2D eigenvalue weighted by Crippen LogP contribution is -2.14. The van der Waals surface area contributed by atoms with Crippen LogP contribution in [0.2, 0.25) is 0 Å². The molecular formula is C61H42N2O. The molecule has 2 aromatic heterocycles. The number of rotatable bonds is 7.